The van der Waals surface area contributed by atoms with Crippen LogP contribution in [-0.2, 0) is 0 Å². The highest BCUT2D eigenvalue weighted by molar-refractivity contribution is 9.09. The predicted octanol–water partition coefficient (Wildman–Crippen LogP) is 2.05. The summed E-state index contributed by atoms with van der Waals surface area (Å²) in [5.74, 6) is 0. The van der Waals surface area contributed by atoms with Crippen molar-refractivity contribution in [1.29, 1.82) is 0 Å². The van der Waals surface area contributed by atoms with Gasteiger partial charge in [-0.05, 0) is 37.5 Å². The van der Waals surface area contributed by atoms with E-state index in [1.165, 1.54) is 32.1 Å². The third-order valence-corrected chi connectivity index (χ3v) is 5.03. The maximum Gasteiger partial charge on any atom is 0.0209 e. The first-order valence-electron chi connectivity index (χ1n) is 4.69. The molecule has 2 saturated heterocycles. The number of fused-ring (bicyclic) bond motifs is 2. The van der Waals surface area contributed by atoms with E-state index in [0.29, 0.717) is 0 Å². The number of nitrogens with one attached hydrogen (secondary N) is 1. The fourth-order valence-corrected chi connectivity index (χ4v) is 4.03. The van der Waals surface area contributed by atoms with Crippen LogP contribution in [0, 0.1) is 5.41 Å². The second-order valence-electron chi connectivity index (χ2n) is 4.58. The second kappa shape index (κ2) is 2.02. The molecule has 11 heavy (non-hydrogen) atoms. The molecule has 62 valence electrons. The van der Waals surface area contributed by atoms with E-state index in [9.17, 15) is 0 Å². The van der Waals surface area contributed by atoms with Gasteiger partial charge >= 0.3 is 0 Å². The number of rotatable bonds is 0. The van der Waals surface area contributed by atoms with Crippen LogP contribution in [0.25, 0.3) is 0 Å². The van der Waals surface area contributed by atoms with Crippen LogP contribution in [0.2, 0.25) is 0 Å². The monoisotopic (exact) mass is 215 g/mol. The van der Waals surface area contributed by atoms with Crippen molar-refractivity contribution in [2.45, 2.75) is 49.0 Å². The molecule has 3 fully saturated rings. The van der Waals surface area contributed by atoms with Gasteiger partial charge in [0.1, 0.15) is 0 Å². The number of halogens is 1. The van der Waals surface area contributed by atoms with E-state index in [1.807, 2.05) is 0 Å². The summed E-state index contributed by atoms with van der Waals surface area (Å²) in [7, 11) is 0. The minimum absolute atomic E-state index is 0.747. The van der Waals surface area contributed by atoms with Crippen LogP contribution in [0.15, 0.2) is 0 Å². The molecule has 1 nitrogen and oxygen atoms in total. The van der Waals surface area contributed by atoms with Gasteiger partial charge in [-0.25, -0.2) is 0 Å². The van der Waals surface area contributed by atoms with Crippen molar-refractivity contribution < 1.29 is 0 Å². The van der Waals surface area contributed by atoms with Gasteiger partial charge in [0.05, 0.1) is 0 Å². The zero-order chi connectivity index (χ0) is 7.47. The summed E-state index contributed by atoms with van der Waals surface area (Å²) in [6, 6.07) is 1.74. The first kappa shape index (κ1) is 6.90. The van der Waals surface area contributed by atoms with Crippen molar-refractivity contribution in [1.82, 2.24) is 5.32 Å². The van der Waals surface area contributed by atoms with E-state index >= 15 is 0 Å². The van der Waals surface area contributed by atoms with Crippen LogP contribution >= 0.6 is 15.9 Å². The van der Waals surface area contributed by atoms with Crippen molar-refractivity contribution in [2.24, 2.45) is 5.41 Å². The van der Waals surface area contributed by atoms with Crippen LogP contribution in [0.3, 0.4) is 0 Å². The quantitative estimate of drug-likeness (QED) is 0.611. The number of hydrogen-bond donors (Lipinski definition) is 1. The van der Waals surface area contributed by atoms with Crippen LogP contribution < -0.4 is 5.32 Å². The lowest BCUT2D eigenvalue weighted by Gasteiger charge is -2.29. The summed E-state index contributed by atoms with van der Waals surface area (Å²) in [4.78, 5) is 0.861. The molecule has 2 heterocycles. The zero-order valence-electron chi connectivity index (χ0n) is 6.65. The van der Waals surface area contributed by atoms with Crippen LogP contribution in [-0.4, -0.2) is 16.9 Å². The molecule has 2 heteroatoms. The van der Waals surface area contributed by atoms with Crippen molar-refractivity contribution in [3.05, 3.63) is 0 Å². The lowest BCUT2D eigenvalue weighted by molar-refractivity contribution is 0.283. The number of piperidine rings is 1. The maximum atomic E-state index is 3.76. The minimum atomic E-state index is 0.747. The molecule has 0 aromatic carbocycles. The molecule has 3 rings (SSSR count). The average molecular weight is 216 g/mol. The van der Waals surface area contributed by atoms with Gasteiger partial charge in [-0.2, -0.15) is 0 Å². The van der Waals surface area contributed by atoms with Crippen LogP contribution in [0.5, 0.6) is 0 Å². The molecule has 2 bridgehead atoms. The summed E-state index contributed by atoms with van der Waals surface area (Å²) in [6.07, 6.45) is 7.21. The second-order valence-corrected chi connectivity index (χ2v) is 5.69. The summed E-state index contributed by atoms with van der Waals surface area (Å²) < 4.78 is 0. The van der Waals surface area contributed by atoms with Crippen molar-refractivity contribution >= 4 is 15.9 Å². The van der Waals surface area contributed by atoms with E-state index < -0.39 is 0 Å². The van der Waals surface area contributed by atoms with Gasteiger partial charge in [0.2, 0.25) is 0 Å². The molecule has 0 aromatic rings. The topological polar surface area (TPSA) is 12.0 Å². The van der Waals surface area contributed by atoms with Crippen LogP contribution in [0.1, 0.15) is 32.1 Å². The number of hydrogen-bond acceptors (Lipinski definition) is 1. The molecule has 1 spiro atoms. The van der Waals surface area contributed by atoms with Crippen LogP contribution in [0.4, 0.5) is 0 Å². The number of alkyl halides is 1. The minimum Gasteiger partial charge on any atom is -0.311 e. The molecule has 3 unspecified atom stereocenters. The third kappa shape index (κ3) is 0.919. The Morgan fingerprint density at radius 3 is 2.09 bits per heavy atom. The molecule has 3 atom stereocenters. The molecular weight excluding hydrogens is 202 g/mol. The molecule has 0 aromatic heterocycles. The summed E-state index contributed by atoms with van der Waals surface area (Å²) in [5.41, 5.74) is 0.747. The lowest BCUT2D eigenvalue weighted by Crippen LogP contribution is -2.39. The molecule has 1 saturated carbocycles. The Bertz CT molecular complexity index is 180. The van der Waals surface area contributed by atoms with Gasteiger partial charge in [0.25, 0.3) is 0 Å². The highest BCUT2D eigenvalue weighted by Gasteiger charge is 2.57. The largest absolute Gasteiger partial charge is 0.311 e. The van der Waals surface area contributed by atoms with Crippen molar-refractivity contribution in [3.8, 4) is 0 Å². The van der Waals surface area contributed by atoms with E-state index in [0.717, 1.165) is 22.3 Å². The third-order valence-electron chi connectivity index (χ3n) is 3.73. The molecule has 2 aliphatic heterocycles. The first-order valence-corrected chi connectivity index (χ1v) is 5.60. The molecule has 3 aliphatic rings. The van der Waals surface area contributed by atoms with E-state index in [1.54, 1.807) is 0 Å². The van der Waals surface area contributed by atoms with E-state index in [-0.39, 0.29) is 0 Å². The van der Waals surface area contributed by atoms with E-state index in [2.05, 4.69) is 21.2 Å². The van der Waals surface area contributed by atoms with Gasteiger partial charge in [-0.1, -0.05) is 15.9 Å². The van der Waals surface area contributed by atoms with Gasteiger partial charge in [-0.15, -0.1) is 0 Å². The summed E-state index contributed by atoms with van der Waals surface area (Å²) in [5, 5.41) is 3.69. The van der Waals surface area contributed by atoms with Gasteiger partial charge in [-0.3, -0.25) is 0 Å². The highest BCUT2D eigenvalue weighted by atomic mass is 79.9. The highest BCUT2D eigenvalue weighted by Crippen LogP contribution is 2.61. The zero-order valence-corrected chi connectivity index (χ0v) is 8.23. The molecule has 1 N–H and O–H groups in total. The Labute approximate surface area is 76.1 Å². The van der Waals surface area contributed by atoms with E-state index in [4.69, 9.17) is 0 Å². The van der Waals surface area contributed by atoms with Gasteiger partial charge in [0, 0.05) is 16.9 Å². The standard InChI is InChI=1S/C9H14BrN/c10-8-5-9(8)3-6-1-2-7(4-9)11-6/h6-8,11H,1-5H2. The Morgan fingerprint density at radius 1 is 1.09 bits per heavy atom. The van der Waals surface area contributed by atoms with Gasteiger partial charge < -0.3 is 5.32 Å². The smallest absolute Gasteiger partial charge is 0.0209 e. The predicted molar refractivity (Wildman–Crippen MR) is 48.9 cm³/mol. The summed E-state index contributed by atoms with van der Waals surface area (Å²) >= 11 is 3.76. The Morgan fingerprint density at radius 2 is 1.64 bits per heavy atom. The average Bonchev–Trinajstić information content (AvgIpc) is 2.38. The Hall–Kier alpha value is 0.440. The maximum absolute atomic E-state index is 3.76. The lowest BCUT2D eigenvalue weighted by atomic mass is 9.89. The molecule has 0 radical (unpaired) electrons. The molecular formula is C9H14BrN. The first-order chi connectivity index (χ1) is 5.28. The Kier molecular flexibility index (Phi) is 1.27. The fourth-order valence-electron chi connectivity index (χ4n) is 3.01. The van der Waals surface area contributed by atoms with Crippen molar-refractivity contribution in [2.75, 3.05) is 0 Å². The Balaban J connectivity index is 1.82. The van der Waals surface area contributed by atoms with Gasteiger partial charge in [0.15, 0.2) is 0 Å². The molecule has 1 aliphatic carbocycles. The van der Waals surface area contributed by atoms with Crippen molar-refractivity contribution in [3.63, 3.8) is 0 Å². The SMILES string of the molecule is BrC1CC12CC1CCC(C2)N1. The summed E-state index contributed by atoms with van der Waals surface area (Å²) in [6.45, 7) is 0. The normalized spacial score (nSPS) is 60.3. The molecule has 0 amide bonds. The fraction of sp³-hybridized carbons (Fsp3) is 1.00.